The molecule has 0 aromatic heterocycles. The van der Waals surface area contributed by atoms with E-state index in [1.54, 1.807) is 24.3 Å². The Bertz CT molecular complexity index is 1100. The smallest absolute Gasteiger partial charge is 0.254 e. The van der Waals surface area contributed by atoms with E-state index >= 15 is 0 Å². The second-order valence-electron chi connectivity index (χ2n) is 9.69. The molecule has 2 saturated heterocycles. The van der Waals surface area contributed by atoms with Crippen LogP contribution in [-0.2, 0) is 16.1 Å². The van der Waals surface area contributed by atoms with Gasteiger partial charge in [-0.2, -0.15) is 0 Å². The fraction of sp³-hybridized carbons (Fsp3) is 0.444. The first-order valence-corrected chi connectivity index (χ1v) is 12.6. The van der Waals surface area contributed by atoms with E-state index in [1.165, 1.54) is 0 Å². The summed E-state index contributed by atoms with van der Waals surface area (Å²) in [5.41, 5.74) is 2.20. The Labute approximate surface area is 205 Å². The summed E-state index contributed by atoms with van der Waals surface area (Å²) in [4.78, 5) is 42.7. The van der Waals surface area contributed by atoms with E-state index in [2.05, 4.69) is 5.32 Å². The monoisotopic (exact) mass is 479 g/mol. The Kier molecular flexibility index (Phi) is 6.59. The van der Waals surface area contributed by atoms with Crippen LogP contribution in [0.5, 0.6) is 0 Å². The van der Waals surface area contributed by atoms with Crippen molar-refractivity contribution < 1.29 is 14.4 Å². The molecule has 178 valence electrons. The summed E-state index contributed by atoms with van der Waals surface area (Å²) >= 11 is 6.15. The molecule has 0 bridgehead atoms. The van der Waals surface area contributed by atoms with Gasteiger partial charge in [-0.25, -0.2) is 0 Å². The summed E-state index contributed by atoms with van der Waals surface area (Å²) in [5, 5.41) is 3.57. The number of rotatable bonds is 5. The van der Waals surface area contributed by atoms with Crippen LogP contribution in [0.4, 0.5) is 5.69 Å². The second-order valence-corrected chi connectivity index (χ2v) is 10.1. The third-order valence-electron chi connectivity index (χ3n) is 7.44. The van der Waals surface area contributed by atoms with E-state index in [9.17, 15) is 14.4 Å². The van der Waals surface area contributed by atoms with Crippen molar-refractivity contribution in [1.29, 1.82) is 0 Å². The quantitative estimate of drug-likeness (QED) is 0.664. The topological polar surface area (TPSA) is 69.7 Å². The number of nitrogens with one attached hydrogen (secondary N) is 1. The molecule has 2 aliphatic heterocycles. The number of amides is 3. The molecule has 3 aliphatic rings. The zero-order valence-electron chi connectivity index (χ0n) is 19.2. The number of nitrogens with zero attached hydrogens (tertiary/aromatic N) is 2. The molecule has 1 N–H and O–H groups in total. The normalized spacial score (nSPS) is 24.3. The first-order chi connectivity index (χ1) is 16.5. The maximum absolute atomic E-state index is 13.5. The van der Waals surface area contributed by atoms with E-state index in [4.69, 9.17) is 11.6 Å². The van der Waals surface area contributed by atoms with Gasteiger partial charge in [0.1, 0.15) is 6.04 Å². The van der Waals surface area contributed by atoms with Gasteiger partial charge in [0.05, 0.1) is 0 Å². The van der Waals surface area contributed by atoms with E-state index in [0.717, 1.165) is 44.2 Å². The minimum Gasteiger partial charge on any atom is -0.338 e. The van der Waals surface area contributed by atoms with Crippen LogP contribution in [0, 0.1) is 5.92 Å². The van der Waals surface area contributed by atoms with Gasteiger partial charge in [-0.05, 0) is 67.5 Å². The highest BCUT2D eigenvalue weighted by Crippen LogP contribution is 2.41. The van der Waals surface area contributed by atoms with Crippen molar-refractivity contribution in [2.75, 3.05) is 11.9 Å². The molecule has 2 aromatic carbocycles. The molecular weight excluding hydrogens is 450 g/mol. The zero-order chi connectivity index (χ0) is 23.7. The molecule has 7 heteroatoms. The predicted molar refractivity (Wildman–Crippen MR) is 131 cm³/mol. The fourth-order valence-corrected chi connectivity index (χ4v) is 6.01. The lowest BCUT2D eigenvalue weighted by atomic mass is 9.84. The molecular formula is C27H30ClN3O3. The van der Waals surface area contributed by atoms with Gasteiger partial charge in [0.2, 0.25) is 11.8 Å². The van der Waals surface area contributed by atoms with Gasteiger partial charge in [-0.3, -0.25) is 14.4 Å². The summed E-state index contributed by atoms with van der Waals surface area (Å²) in [6.45, 7) is 1.33. The van der Waals surface area contributed by atoms with Crippen LogP contribution in [0.25, 0.3) is 0 Å². The first kappa shape index (κ1) is 22.9. The molecule has 3 unspecified atom stereocenters. The van der Waals surface area contributed by atoms with Crippen LogP contribution in [0.1, 0.15) is 60.9 Å². The van der Waals surface area contributed by atoms with E-state index in [1.807, 2.05) is 34.1 Å². The van der Waals surface area contributed by atoms with Gasteiger partial charge in [0, 0.05) is 41.8 Å². The number of carbonyl (C=O) groups excluding carboxylic acids is 3. The number of fused-ring (bicyclic) bond motifs is 1. The first-order valence-electron chi connectivity index (χ1n) is 12.3. The maximum Gasteiger partial charge on any atom is 0.254 e. The number of anilines is 1. The van der Waals surface area contributed by atoms with Crippen LogP contribution in [-0.4, -0.2) is 46.1 Å². The van der Waals surface area contributed by atoms with Crippen LogP contribution in [0.15, 0.2) is 48.5 Å². The number of likely N-dealkylation sites (tertiary alicyclic amines) is 2. The van der Waals surface area contributed by atoms with Crippen LogP contribution in [0.3, 0.4) is 0 Å². The summed E-state index contributed by atoms with van der Waals surface area (Å²) in [7, 11) is 0. The zero-order valence-corrected chi connectivity index (χ0v) is 20.0. The molecule has 1 saturated carbocycles. The highest BCUT2D eigenvalue weighted by atomic mass is 35.5. The highest BCUT2D eigenvalue weighted by Gasteiger charge is 2.47. The summed E-state index contributed by atoms with van der Waals surface area (Å²) in [6, 6.07) is 14.2. The third kappa shape index (κ3) is 4.69. The van der Waals surface area contributed by atoms with Crippen molar-refractivity contribution in [3.05, 3.63) is 64.7 Å². The Hall–Kier alpha value is -2.86. The average Bonchev–Trinajstić information content (AvgIpc) is 3.42. The predicted octanol–water partition coefficient (Wildman–Crippen LogP) is 4.87. The third-order valence-corrected chi connectivity index (χ3v) is 7.67. The van der Waals surface area contributed by atoms with Crippen molar-refractivity contribution in [3.63, 3.8) is 0 Å². The lowest BCUT2D eigenvalue weighted by Gasteiger charge is -2.33. The molecule has 34 heavy (non-hydrogen) atoms. The Morgan fingerprint density at radius 2 is 1.85 bits per heavy atom. The van der Waals surface area contributed by atoms with Gasteiger partial charge in [0.25, 0.3) is 5.91 Å². The van der Waals surface area contributed by atoms with Gasteiger partial charge in [-0.15, -0.1) is 0 Å². The summed E-state index contributed by atoms with van der Waals surface area (Å²) in [6.07, 6.45) is 6.39. The van der Waals surface area contributed by atoms with Gasteiger partial charge >= 0.3 is 0 Å². The number of hydrogen-bond donors (Lipinski definition) is 1. The minimum atomic E-state index is -0.511. The highest BCUT2D eigenvalue weighted by molar-refractivity contribution is 6.31. The van der Waals surface area contributed by atoms with E-state index in [0.29, 0.717) is 41.6 Å². The van der Waals surface area contributed by atoms with Gasteiger partial charge in [-0.1, -0.05) is 42.6 Å². The van der Waals surface area contributed by atoms with Gasteiger partial charge < -0.3 is 15.1 Å². The molecule has 5 rings (SSSR count). The molecule has 0 spiro atoms. The molecule has 6 nitrogen and oxygen atoms in total. The Morgan fingerprint density at radius 1 is 1.03 bits per heavy atom. The number of benzene rings is 2. The summed E-state index contributed by atoms with van der Waals surface area (Å²) in [5.74, 6) is 0.246. The lowest BCUT2D eigenvalue weighted by molar-refractivity contribution is -0.128. The number of carbonyl (C=O) groups is 3. The van der Waals surface area contributed by atoms with Gasteiger partial charge in [0.15, 0.2) is 0 Å². The number of hydrogen-bond acceptors (Lipinski definition) is 3. The Balaban J connectivity index is 1.35. The molecule has 3 amide bonds. The molecule has 3 fully saturated rings. The van der Waals surface area contributed by atoms with Crippen LogP contribution in [0.2, 0.25) is 5.02 Å². The Morgan fingerprint density at radius 3 is 2.65 bits per heavy atom. The lowest BCUT2D eigenvalue weighted by Crippen LogP contribution is -2.47. The SMILES string of the molecule is O=C(Nc1cccc(CN2CCCC2=O)c1)C1CC2CCCCC2N1C(=O)c1cccc(Cl)c1. The van der Waals surface area contributed by atoms with Crippen molar-refractivity contribution in [2.24, 2.45) is 5.92 Å². The fourth-order valence-electron chi connectivity index (χ4n) is 5.82. The second kappa shape index (κ2) is 9.79. The minimum absolute atomic E-state index is 0.0866. The molecule has 1 aliphatic carbocycles. The van der Waals surface area contributed by atoms with E-state index in [-0.39, 0.29) is 23.8 Å². The maximum atomic E-state index is 13.5. The van der Waals surface area contributed by atoms with Crippen LogP contribution < -0.4 is 5.32 Å². The van der Waals surface area contributed by atoms with Crippen molar-refractivity contribution >= 4 is 35.0 Å². The summed E-state index contributed by atoms with van der Waals surface area (Å²) < 4.78 is 0. The molecule has 0 radical (unpaired) electrons. The number of halogens is 1. The van der Waals surface area contributed by atoms with Crippen molar-refractivity contribution in [1.82, 2.24) is 9.80 Å². The molecule has 3 atom stereocenters. The van der Waals surface area contributed by atoms with E-state index < -0.39 is 6.04 Å². The molecule has 2 aromatic rings. The molecule has 2 heterocycles. The standard InChI is InChI=1S/C27H30ClN3O3/c28-21-9-4-8-20(15-21)27(34)31-23-11-2-1-7-19(23)16-24(31)26(33)29-22-10-3-6-18(14-22)17-30-13-5-12-25(30)32/h3-4,6,8-10,14-15,19,23-24H,1-2,5,7,11-13,16-17H2,(H,29,33). The average molecular weight is 480 g/mol. The van der Waals surface area contributed by atoms with Crippen LogP contribution >= 0.6 is 11.6 Å². The largest absolute Gasteiger partial charge is 0.338 e. The van der Waals surface area contributed by atoms with Crippen molar-refractivity contribution in [2.45, 2.75) is 63.6 Å². The van der Waals surface area contributed by atoms with Crippen molar-refractivity contribution in [3.8, 4) is 0 Å².